The molecule has 0 fully saturated rings. The molecule has 0 saturated heterocycles. The van der Waals surface area contributed by atoms with Crippen LogP contribution in [-0.2, 0) is 18.4 Å². The van der Waals surface area contributed by atoms with Crippen LogP contribution in [0.4, 0.5) is 0 Å². The van der Waals surface area contributed by atoms with Gasteiger partial charge in [-0.3, -0.25) is 9.48 Å². The fraction of sp³-hybridized carbons (Fsp3) is 0.625. The molecule has 84 valence electrons. The number of carboxylic acids is 1. The van der Waals surface area contributed by atoms with Crippen molar-refractivity contribution >= 4 is 5.97 Å². The zero-order chi connectivity index (χ0) is 11.3. The molecular weight excluding hydrogens is 198 g/mol. The second kappa shape index (κ2) is 5.42. The van der Waals surface area contributed by atoms with Crippen molar-refractivity contribution in [2.24, 2.45) is 12.8 Å². The maximum absolute atomic E-state index is 10.4. The molecule has 1 rings (SSSR count). The number of carboxylic acid groups (broad SMARTS) is 1. The van der Waals surface area contributed by atoms with E-state index in [2.05, 4.69) is 15.4 Å². The summed E-state index contributed by atoms with van der Waals surface area (Å²) in [6, 6.07) is -0.808. The smallest absolute Gasteiger partial charge is 0.320 e. The van der Waals surface area contributed by atoms with E-state index in [9.17, 15) is 4.79 Å². The summed E-state index contributed by atoms with van der Waals surface area (Å²) < 4.78 is 1.66. The van der Waals surface area contributed by atoms with Gasteiger partial charge in [-0.15, -0.1) is 0 Å². The van der Waals surface area contributed by atoms with Crippen molar-refractivity contribution in [1.82, 2.24) is 20.1 Å². The van der Waals surface area contributed by atoms with Crippen LogP contribution in [0.15, 0.2) is 6.33 Å². The minimum absolute atomic E-state index is 0.396. The largest absolute Gasteiger partial charge is 0.480 e. The highest BCUT2D eigenvalue weighted by molar-refractivity contribution is 5.72. The van der Waals surface area contributed by atoms with Gasteiger partial charge in [0.15, 0.2) is 0 Å². The first kappa shape index (κ1) is 11.6. The number of hydrogen-bond donors (Lipinski definition) is 3. The lowest BCUT2D eigenvalue weighted by Crippen LogP contribution is -2.33. The van der Waals surface area contributed by atoms with Crippen LogP contribution in [0.1, 0.15) is 12.2 Å². The fourth-order valence-corrected chi connectivity index (χ4v) is 1.06. The lowest BCUT2D eigenvalue weighted by Gasteiger charge is -2.07. The van der Waals surface area contributed by atoms with Crippen LogP contribution in [0, 0.1) is 0 Å². The summed E-state index contributed by atoms with van der Waals surface area (Å²) in [6.45, 7) is 1.10. The fourth-order valence-electron chi connectivity index (χ4n) is 1.06. The van der Waals surface area contributed by atoms with Gasteiger partial charge in [-0.05, 0) is 13.0 Å². The summed E-state index contributed by atoms with van der Waals surface area (Å²) in [5.41, 5.74) is 5.33. The van der Waals surface area contributed by atoms with Crippen LogP contribution in [-0.4, -0.2) is 38.4 Å². The lowest BCUT2D eigenvalue weighted by atomic mass is 10.2. The van der Waals surface area contributed by atoms with E-state index in [1.165, 1.54) is 6.33 Å². The molecule has 0 aliphatic heterocycles. The molecule has 0 saturated carbocycles. The predicted molar refractivity (Wildman–Crippen MR) is 52.9 cm³/mol. The molecule has 7 nitrogen and oxygen atoms in total. The summed E-state index contributed by atoms with van der Waals surface area (Å²) in [7, 11) is 1.80. The minimum Gasteiger partial charge on any atom is -0.480 e. The molecule has 0 spiro atoms. The van der Waals surface area contributed by atoms with Gasteiger partial charge < -0.3 is 16.2 Å². The highest BCUT2D eigenvalue weighted by Gasteiger charge is 2.10. The van der Waals surface area contributed by atoms with E-state index < -0.39 is 12.0 Å². The Morgan fingerprint density at radius 1 is 1.80 bits per heavy atom. The Morgan fingerprint density at radius 2 is 2.53 bits per heavy atom. The zero-order valence-corrected chi connectivity index (χ0v) is 8.55. The predicted octanol–water partition coefficient (Wildman–Crippen LogP) is -1.29. The van der Waals surface area contributed by atoms with E-state index in [1.807, 2.05) is 0 Å². The van der Waals surface area contributed by atoms with Gasteiger partial charge in [-0.2, -0.15) is 5.10 Å². The Balaban J connectivity index is 2.17. The molecule has 7 heteroatoms. The number of carbonyl (C=O) groups is 1. The monoisotopic (exact) mass is 213 g/mol. The molecule has 0 unspecified atom stereocenters. The van der Waals surface area contributed by atoms with E-state index in [0.29, 0.717) is 19.5 Å². The Kier molecular flexibility index (Phi) is 4.19. The number of nitrogens with one attached hydrogen (secondary N) is 1. The van der Waals surface area contributed by atoms with Gasteiger partial charge in [-0.1, -0.05) is 0 Å². The molecular formula is C8H15N5O2. The number of nitrogens with two attached hydrogens (primary N) is 1. The molecule has 0 bridgehead atoms. The first-order valence-electron chi connectivity index (χ1n) is 4.63. The van der Waals surface area contributed by atoms with E-state index in [1.54, 1.807) is 11.7 Å². The maximum atomic E-state index is 10.4. The SMILES string of the molecule is Cn1ncnc1CNCC[C@H](N)C(=O)O. The summed E-state index contributed by atoms with van der Waals surface area (Å²) in [5.74, 6) is -0.172. The number of aryl methyl sites for hydroxylation is 1. The molecule has 0 amide bonds. The third kappa shape index (κ3) is 3.64. The number of hydrogen-bond acceptors (Lipinski definition) is 5. The van der Waals surface area contributed by atoms with Gasteiger partial charge >= 0.3 is 5.97 Å². The van der Waals surface area contributed by atoms with Crippen LogP contribution in [0.2, 0.25) is 0 Å². The Bertz CT molecular complexity index is 325. The van der Waals surface area contributed by atoms with Gasteiger partial charge in [0, 0.05) is 7.05 Å². The summed E-state index contributed by atoms with van der Waals surface area (Å²) in [5, 5.41) is 15.5. The minimum atomic E-state index is -0.976. The van der Waals surface area contributed by atoms with Gasteiger partial charge in [0.2, 0.25) is 0 Å². The van der Waals surface area contributed by atoms with Crippen LogP contribution < -0.4 is 11.1 Å². The van der Waals surface area contributed by atoms with Crippen molar-refractivity contribution in [2.75, 3.05) is 6.54 Å². The van der Waals surface area contributed by atoms with Gasteiger partial charge in [0.25, 0.3) is 0 Å². The Hall–Kier alpha value is -1.47. The lowest BCUT2D eigenvalue weighted by molar-refractivity contribution is -0.138. The van der Waals surface area contributed by atoms with Crippen LogP contribution in [0.5, 0.6) is 0 Å². The third-order valence-corrected chi connectivity index (χ3v) is 2.04. The Morgan fingerprint density at radius 3 is 3.07 bits per heavy atom. The zero-order valence-electron chi connectivity index (χ0n) is 8.55. The standard InChI is InChI=1S/C8H15N5O2/c1-13-7(11-5-12-13)4-10-3-2-6(9)8(14)15/h5-6,10H,2-4,9H2,1H3,(H,14,15)/t6-/m0/s1. The third-order valence-electron chi connectivity index (χ3n) is 2.04. The van der Waals surface area contributed by atoms with E-state index >= 15 is 0 Å². The first-order chi connectivity index (χ1) is 7.11. The molecule has 1 aromatic rings. The van der Waals surface area contributed by atoms with Crippen molar-refractivity contribution in [3.8, 4) is 0 Å². The quantitative estimate of drug-likeness (QED) is 0.507. The number of aliphatic carboxylic acids is 1. The van der Waals surface area contributed by atoms with E-state index in [-0.39, 0.29) is 0 Å². The average Bonchev–Trinajstić information content (AvgIpc) is 2.58. The second-order valence-electron chi connectivity index (χ2n) is 3.21. The van der Waals surface area contributed by atoms with Crippen LogP contribution in [0.25, 0.3) is 0 Å². The Labute approximate surface area is 87.3 Å². The normalized spacial score (nSPS) is 12.7. The molecule has 1 atom stereocenters. The van der Waals surface area contributed by atoms with Crippen molar-refractivity contribution in [3.05, 3.63) is 12.2 Å². The highest BCUT2D eigenvalue weighted by Crippen LogP contribution is 1.91. The van der Waals surface area contributed by atoms with E-state index in [0.717, 1.165) is 5.82 Å². The van der Waals surface area contributed by atoms with Crippen molar-refractivity contribution < 1.29 is 9.90 Å². The topological polar surface area (TPSA) is 106 Å². The first-order valence-corrected chi connectivity index (χ1v) is 4.63. The van der Waals surface area contributed by atoms with Crippen molar-refractivity contribution in [1.29, 1.82) is 0 Å². The number of nitrogens with zero attached hydrogens (tertiary/aromatic N) is 3. The summed E-state index contributed by atoms with van der Waals surface area (Å²) in [6.07, 6.45) is 1.87. The molecule has 15 heavy (non-hydrogen) atoms. The molecule has 0 aliphatic rings. The molecule has 0 aliphatic carbocycles. The summed E-state index contributed by atoms with van der Waals surface area (Å²) >= 11 is 0. The number of rotatable bonds is 6. The highest BCUT2D eigenvalue weighted by atomic mass is 16.4. The molecule has 4 N–H and O–H groups in total. The molecule has 1 aromatic heterocycles. The average molecular weight is 213 g/mol. The van der Waals surface area contributed by atoms with Crippen molar-refractivity contribution in [3.63, 3.8) is 0 Å². The van der Waals surface area contributed by atoms with Gasteiger partial charge in [-0.25, -0.2) is 4.98 Å². The summed E-state index contributed by atoms with van der Waals surface area (Å²) in [4.78, 5) is 14.4. The van der Waals surface area contributed by atoms with E-state index in [4.69, 9.17) is 10.8 Å². The van der Waals surface area contributed by atoms with Crippen LogP contribution in [0.3, 0.4) is 0 Å². The van der Waals surface area contributed by atoms with Crippen molar-refractivity contribution in [2.45, 2.75) is 19.0 Å². The molecule has 1 heterocycles. The molecule has 0 radical (unpaired) electrons. The second-order valence-corrected chi connectivity index (χ2v) is 3.21. The van der Waals surface area contributed by atoms with Gasteiger partial charge in [0.05, 0.1) is 6.54 Å². The van der Waals surface area contributed by atoms with Gasteiger partial charge in [0.1, 0.15) is 18.2 Å². The maximum Gasteiger partial charge on any atom is 0.320 e. The molecule has 0 aromatic carbocycles. The van der Waals surface area contributed by atoms with Crippen LogP contribution >= 0.6 is 0 Å². The number of aromatic nitrogens is 3.